The van der Waals surface area contributed by atoms with E-state index in [0.29, 0.717) is 13.0 Å². The topological polar surface area (TPSA) is 95.6 Å². The highest BCUT2D eigenvalue weighted by atomic mass is 16.3. The number of phenolic OH excluding ortho intramolecular Hbond substituents is 1. The molecule has 0 saturated carbocycles. The fraction of sp³-hybridized carbons (Fsp3) is 0.364. The zero-order valence-corrected chi connectivity index (χ0v) is 8.89. The number of aliphatic hydroxyl groups excluding tert-OH is 1. The average Bonchev–Trinajstić information content (AvgIpc) is 2.30. The molecular formula is C11H16N2O3. The molecule has 16 heavy (non-hydrogen) atoms. The molecule has 5 heteroatoms. The van der Waals surface area contributed by atoms with Crippen LogP contribution in [-0.4, -0.2) is 35.3 Å². The Balaban J connectivity index is 2.30. The third-order valence-electron chi connectivity index (χ3n) is 2.18. The van der Waals surface area contributed by atoms with Crippen LogP contribution >= 0.6 is 0 Å². The number of nitrogens with one attached hydrogen (secondary N) is 1. The Hall–Kier alpha value is -1.59. The molecule has 0 bridgehead atoms. The lowest BCUT2D eigenvalue weighted by Gasteiger charge is -2.09. The SMILES string of the molecule is N[C@@H](CO)C(=O)NCCc1ccc(O)cc1. The minimum atomic E-state index is -0.861. The Morgan fingerprint density at radius 1 is 1.38 bits per heavy atom. The number of rotatable bonds is 5. The maximum Gasteiger partial charge on any atom is 0.239 e. The molecule has 0 saturated heterocycles. The van der Waals surface area contributed by atoms with Gasteiger partial charge in [-0.15, -0.1) is 0 Å². The van der Waals surface area contributed by atoms with E-state index in [2.05, 4.69) is 5.32 Å². The van der Waals surface area contributed by atoms with Crippen LogP contribution in [-0.2, 0) is 11.2 Å². The van der Waals surface area contributed by atoms with Gasteiger partial charge in [0.25, 0.3) is 0 Å². The molecule has 0 spiro atoms. The lowest BCUT2D eigenvalue weighted by Crippen LogP contribution is -2.43. The second kappa shape index (κ2) is 6.09. The number of aromatic hydroxyl groups is 1. The Labute approximate surface area is 93.9 Å². The van der Waals surface area contributed by atoms with E-state index in [4.69, 9.17) is 15.9 Å². The van der Waals surface area contributed by atoms with Gasteiger partial charge in [-0.3, -0.25) is 4.79 Å². The summed E-state index contributed by atoms with van der Waals surface area (Å²) in [5, 5.41) is 20.3. The van der Waals surface area contributed by atoms with Crippen molar-refractivity contribution < 1.29 is 15.0 Å². The summed E-state index contributed by atoms with van der Waals surface area (Å²) in [4.78, 5) is 11.2. The van der Waals surface area contributed by atoms with Gasteiger partial charge in [0.15, 0.2) is 0 Å². The van der Waals surface area contributed by atoms with Gasteiger partial charge in [0.05, 0.1) is 6.61 Å². The summed E-state index contributed by atoms with van der Waals surface area (Å²) in [6.07, 6.45) is 0.657. The van der Waals surface area contributed by atoms with Crippen LogP contribution < -0.4 is 11.1 Å². The lowest BCUT2D eigenvalue weighted by atomic mass is 10.1. The zero-order valence-electron chi connectivity index (χ0n) is 8.89. The van der Waals surface area contributed by atoms with Crippen LogP contribution in [0.1, 0.15) is 5.56 Å². The van der Waals surface area contributed by atoms with E-state index in [1.807, 2.05) is 0 Å². The maximum absolute atomic E-state index is 11.2. The Bertz CT molecular complexity index is 338. The maximum atomic E-state index is 11.2. The number of benzene rings is 1. The number of phenols is 1. The van der Waals surface area contributed by atoms with Gasteiger partial charge in [0.2, 0.25) is 5.91 Å². The van der Waals surface area contributed by atoms with Crippen LogP contribution in [0.4, 0.5) is 0 Å². The molecule has 0 aromatic heterocycles. The Morgan fingerprint density at radius 2 is 2.00 bits per heavy atom. The number of aliphatic hydroxyl groups is 1. The second-order valence-electron chi connectivity index (χ2n) is 3.50. The number of amides is 1. The van der Waals surface area contributed by atoms with E-state index in [0.717, 1.165) is 5.56 Å². The summed E-state index contributed by atoms with van der Waals surface area (Å²) >= 11 is 0. The van der Waals surface area contributed by atoms with Gasteiger partial charge in [0, 0.05) is 6.54 Å². The predicted octanol–water partition coefficient (Wildman–Crippen LogP) is -0.629. The Morgan fingerprint density at radius 3 is 2.56 bits per heavy atom. The van der Waals surface area contributed by atoms with E-state index in [9.17, 15) is 4.79 Å². The molecule has 1 atom stereocenters. The largest absolute Gasteiger partial charge is 0.508 e. The third-order valence-corrected chi connectivity index (χ3v) is 2.18. The summed E-state index contributed by atoms with van der Waals surface area (Å²) in [6.45, 7) is 0.0996. The summed E-state index contributed by atoms with van der Waals surface area (Å²) in [6, 6.07) is 5.90. The van der Waals surface area contributed by atoms with Crippen LogP contribution in [0.15, 0.2) is 24.3 Å². The molecule has 5 N–H and O–H groups in total. The first-order chi connectivity index (χ1) is 7.63. The highest BCUT2D eigenvalue weighted by molar-refractivity contribution is 5.81. The fourth-order valence-electron chi connectivity index (χ4n) is 1.21. The van der Waals surface area contributed by atoms with Gasteiger partial charge in [-0.1, -0.05) is 12.1 Å². The summed E-state index contributed by atoms with van der Waals surface area (Å²) in [5.74, 6) is -0.142. The van der Waals surface area contributed by atoms with Crippen molar-refractivity contribution in [3.05, 3.63) is 29.8 Å². The quantitative estimate of drug-likeness (QED) is 0.535. The van der Waals surface area contributed by atoms with Gasteiger partial charge in [-0.05, 0) is 24.1 Å². The smallest absolute Gasteiger partial charge is 0.239 e. The monoisotopic (exact) mass is 224 g/mol. The van der Waals surface area contributed by atoms with Crippen LogP contribution in [0.2, 0.25) is 0 Å². The first kappa shape index (κ1) is 12.5. The van der Waals surface area contributed by atoms with Crippen molar-refractivity contribution in [1.29, 1.82) is 0 Å². The number of hydrogen-bond acceptors (Lipinski definition) is 4. The van der Waals surface area contributed by atoms with Crippen LogP contribution in [0, 0.1) is 0 Å². The first-order valence-corrected chi connectivity index (χ1v) is 5.05. The van der Waals surface area contributed by atoms with E-state index in [1.54, 1.807) is 24.3 Å². The van der Waals surface area contributed by atoms with Crippen LogP contribution in [0.5, 0.6) is 5.75 Å². The van der Waals surface area contributed by atoms with Gasteiger partial charge < -0.3 is 21.3 Å². The van der Waals surface area contributed by atoms with Crippen molar-refractivity contribution in [2.24, 2.45) is 5.73 Å². The summed E-state index contributed by atoms with van der Waals surface area (Å²) in [5.41, 5.74) is 6.33. The number of carbonyl (C=O) groups is 1. The zero-order chi connectivity index (χ0) is 12.0. The molecule has 0 aliphatic rings. The highest BCUT2D eigenvalue weighted by Gasteiger charge is 2.10. The molecule has 1 aromatic rings. The molecule has 0 aliphatic carbocycles. The molecule has 1 aromatic carbocycles. The van der Waals surface area contributed by atoms with E-state index >= 15 is 0 Å². The van der Waals surface area contributed by atoms with Crippen LogP contribution in [0.25, 0.3) is 0 Å². The van der Waals surface area contributed by atoms with Gasteiger partial charge in [0.1, 0.15) is 11.8 Å². The van der Waals surface area contributed by atoms with Crippen molar-refractivity contribution in [2.45, 2.75) is 12.5 Å². The molecule has 0 heterocycles. The highest BCUT2D eigenvalue weighted by Crippen LogP contribution is 2.09. The molecule has 88 valence electrons. The summed E-state index contributed by atoms with van der Waals surface area (Å²) < 4.78 is 0. The molecule has 0 unspecified atom stereocenters. The number of carbonyl (C=O) groups excluding carboxylic acids is 1. The lowest BCUT2D eigenvalue weighted by molar-refractivity contribution is -0.123. The standard InChI is InChI=1S/C11H16N2O3/c12-10(7-14)11(16)13-6-5-8-1-3-9(15)4-2-8/h1-4,10,14-15H,5-7,12H2,(H,13,16)/t10-/m0/s1. The minimum absolute atomic E-state index is 0.218. The van der Waals surface area contributed by atoms with Crippen molar-refractivity contribution in [3.63, 3.8) is 0 Å². The van der Waals surface area contributed by atoms with E-state index in [1.165, 1.54) is 0 Å². The second-order valence-corrected chi connectivity index (χ2v) is 3.50. The van der Waals surface area contributed by atoms with Crippen LogP contribution in [0.3, 0.4) is 0 Å². The fourth-order valence-corrected chi connectivity index (χ4v) is 1.21. The Kier molecular flexibility index (Phi) is 4.75. The van der Waals surface area contributed by atoms with Crippen molar-refractivity contribution in [2.75, 3.05) is 13.2 Å². The van der Waals surface area contributed by atoms with Gasteiger partial charge >= 0.3 is 0 Å². The molecule has 0 radical (unpaired) electrons. The molecule has 0 aliphatic heterocycles. The predicted molar refractivity (Wildman–Crippen MR) is 59.9 cm³/mol. The van der Waals surface area contributed by atoms with Crippen molar-refractivity contribution in [3.8, 4) is 5.75 Å². The average molecular weight is 224 g/mol. The minimum Gasteiger partial charge on any atom is -0.508 e. The van der Waals surface area contributed by atoms with Gasteiger partial charge in [-0.2, -0.15) is 0 Å². The summed E-state index contributed by atoms with van der Waals surface area (Å²) in [7, 11) is 0. The molecular weight excluding hydrogens is 208 g/mol. The number of nitrogens with two attached hydrogens (primary N) is 1. The van der Waals surface area contributed by atoms with Gasteiger partial charge in [-0.25, -0.2) is 0 Å². The molecule has 1 amide bonds. The normalized spacial score (nSPS) is 12.1. The molecule has 1 rings (SSSR count). The number of hydrogen-bond donors (Lipinski definition) is 4. The van der Waals surface area contributed by atoms with E-state index in [-0.39, 0.29) is 18.3 Å². The van der Waals surface area contributed by atoms with Crippen molar-refractivity contribution in [1.82, 2.24) is 5.32 Å². The first-order valence-electron chi connectivity index (χ1n) is 5.05. The van der Waals surface area contributed by atoms with Crippen molar-refractivity contribution >= 4 is 5.91 Å². The molecule has 5 nitrogen and oxygen atoms in total. The third kappa shape index (κ3) is 3.88. The molecule has 0 fully saturated rings. The van der Waals surface area contributed by atoms with E-state index < -0.39 is 6.04 Å².